The Morgan fingerprint density at radius 1 is 1.32 bits per heavy atom. The largest absolute Gasteiger partial charge is 0.487 e. The average Bonchev–Trinajstić information content (AvgIpc) is 2.49. The zero-order chi connectivity index (χ0) is 14.3. The van der Waals surface area contributed by atoms with Crippen molar-refractivity contribution in [3.05, 3.63) is 29.3 Å². The van der Waals surface area contributed by atoms with Crippen LogP contribution in [0.3, 0.4) is 0 Å². The Morgan fingerprint density at radius 3 is 2.53 bits per heavy atom. The monoisotopic (exact) mass is 264 g/mol. The molecule has 0 aliphatic carbocycles. The fourth-order valence-electron chi connectivity index (χ4n) is 2.80. The highest BCUT2D eigenvalue weighted by atomic mass is 16.6. The van der Waals surface area contributed by atoms with Crippen molar-refractivity contribution in [2.45, 2.75) is 65.0 Å². The van der Waals surface area contributed by atoms with Gasteiger partial charge in [0, 0.05) is 12.0 Å². The Balaban J connectivity index is 2.22. The zero-order valence-electron chi connectivity index (χ0n) is 12.5. The van der Waals surface area contributed by atoms with E-state index in [1.807, 2.05) is 25.1 Å². The van der Waals surface area contributed by atoms with Crippen LogP contribution in [0.15, 0.2) is 18.2 Å². The topological polar surface area (TPSA) is 38.7 Å². The Labute approximate surface area is 115 Å². The number of hydrogen-bond donors (Lipinski definition) is 1. The van der Waals surface area contributed by atoms with Gasteiger partial charge < -0.3 is 14.6 Å². The normalized spacial score (nSPS) is 24.4. The van der Waals surface area contributed by atoms with E-state index in [9.17, 15) is 5.11 Å². The van der Waals surface area contributed by atoms with E-state index in [0.717, 1.165) is 23.3 Å². The number of rotatable bonds is 3. The van der Waals surface area contributed by atoms with Gasteiger partial charge in [0.25, 0.3) is 0 Å². The molecule has 1 N–H and O–H groups in total. The van der Waals surface area contributed by atoms with Crippen LogP contribution in [-0.2, 0) is 11.3 Å². The maximum atomic E-state index is 9.44. The number of aryl methyl sites for hydroxylation is 1. The van der Waals surface area contributed by atoms with Gasteiger partial charge in [-0.05, 0) is 40.7 Å². The molecule has 1 heterocycles. The highest BCUT2D eigenvalue weighted by molar-refractivity contribution is 5.36. The van der Waals surface area contributed by atoms with Gasteiger partial charge in [-0.2, -0.15) is 0 Å². The van der Waals surface area contributed by atoms with Gasteiger partial charge in [-0.3, -0.25) is 0 Å². The summed E-state index contributed by atoms with van der Waals surface area (Å²) in [5, 5.41) is 9.44. The minimum Gasteiger partial charge on any atom is -0.487 e. The van der Waals surface area contributed by atoms with Crippen LogP contribution in [0.2, 0.25) is 0 Å². The summed E-state index contributed by atoms with van der Waals surface area (Å²) in [6.45, 7) is 10.3. The maximum absolute atomic E-state index is 9.44. The molecule has 1 fully saturated rings. The fourth-order valence-corrected chi connectivity index (χ4v) is 2.80. The summed E-state index contributed by atoms with van der Waals surface area (Å²) in [4.78, 5) is 0. The van der Waals surface area contributed by atoms with Crippen LogP contribution in [0.4, 0.5) is 0 Å². The van der Waals surface area contributed by atoms with Crippen molar-refractivity contribution in [2.24, 2.45) is 0 Å². The molecule has 1 unspecified atom stereocenters. The van der Waals surface area contributed by atoms with Crippen LogP contribution in [0.25, 0.3) is 0 Å². The lowest BCUT2D eigenvalue weighted by Crippen LogP contribution is -2.36. The Bertz CT molecular complexity index is 463. The third-order valence-corrected chi connectivity index (χ3v) is 3.65. The Kier molecular flexibility index (Phi) is 3.63. The van der Waals surface area contributed by atoms with Gasteiger partial charge >= 0.3 is 0 Å². The lowest BCUT2D eigenvalue weighted by molar-refractivity contribution is -0.0847. The van der Waals surface area contributed by atoms with Crippen LogP contribution < -0.4 is 4.74 Å². The summed E-state index contributed by atoms with van der Waals surface area (Å²) in [6.07, 6.45) is 0.842. The van der Waals surface area contributed by atoms with E-state index in [4.69, 9.17) is 9.47 Å². The molecule has 1 aliphatic rings. The molecule has 3 nitrogen and oxygen atoms in total. The second kappa shape index (κ2) is 4.80. The molecule has 0 amide bonds. The van der Waals surface area contributed by atoms with Crippen LogP contribution in [0.5, 0.6) is 5.75 Å². The second-order valence-electron chi connectivity index (χ2n) is 6.55. The van der Waals surface area contributed by atoms with E-state index < -0.39 is 0 Å². The van der Waals surface area contributed by atoms with Crippen molar-refractivity contribution in [3.63, 3.8) is 0 Å². The minimum atomic E-state index is -0.318. The van der Waals surface area contributed by atoms with E-state index in [2.05, 4.69) is 27.7 Å². The van der Waals surface area contributed by atoms with Gasteiger partial charge in [0.05, 0.1) is 12.2 Å². The van der Waals surface area contributed by atoms with Crippen molar-refractivity contribution in [1.82, 2.24) is 0 Å². The molecular formula is C16H24O3. The molecule has 0 bridgehead atoms. The molecule has 19 heavy (non-hydrogen) atoms. The molecule has 1 aliphatic heterocycles. The van der Waals surface area contributed by atoms with Crippen molar-refractivity contribution in [1.29, 1.82) is 0 Å². The van der Waals surface area contributed by atoms with Gasteiger partial charge in [0.1, 0.15) is 17.5 Å². The molecule has 1 atom stereocenters. The minimum absolute atomic E-state index is 0.00416. The highest BCUT2D eigenvalue weighted by Gasteiger charge is 2.47. The summed E-state index contributed by atoms with van der Waals surface area (Å²) in [6, 6.07) is 5.90. The fraction of sp³-hybridized carbons (Fsp3) is 0.625. The van der Waals surface area contributed by atoms with E-state index >= 15 is 0 Å². The van der Waals surface area contributed by atoms with Crippen molar-refractivity contribution >= 4 is 0 Å². The lowest BCUT2D eigenvalue weighted by Gasteiger charge is -2.28. The number of ether oxygens (including phenoxy) is 2. The van der Waals surface area contributed by atoms with Gasteiger partial charge in [0.15, 0.2) is 0 Å². The van der Waals surface area contributed by atoms with Crippen LogP contribution in [0.1, 0.15) is 45.2 Å². The molecule has 0 saturated carbocycles. The molecule has 1 saturated heterocycles. The first-order valence-electron chi connectivity index (χ1n) is 6.81. The van der Waals surface area contributed by atoms with Gasteiger partial charge in [-0.25, -0.2) is 0 Å². The van der Waals surface area contributed by atoms with Gasteiger partial charge in [-0.1, -0.05) is 17.7 Å². The van der Waals surface area contributed by atoms with Gasteiger partial charge in [0.2, 0.25) is 0 Å². The SMILES string of the molecule is Cc1ccc(OC2CC(C)(C)OC2(C)C)c(CO)c1. The number of aliphatic hydroxyl groups excluding tert-OH is 1. The average molecular weight is 264 g/mol. The molecule has 1 aromatic carbocycles. The van der Waals surface area contributed by atoms with Crippen molar-refractivity contribution in [3.8, 4) is 5.75 Å². The first kappa shape index (κ1) is 14.4. The maximum Gasteiger partial charge on any atom is 0.130 e. The third kappa shape index (κ3) is 3.10. The smallest absolute Gasteiger partial charge is 0.130 e. The van der Waals surface area contributed by atoms with Gasteiger partial charge in [-0.15, -0.1) is 0 Å². The second-order valence-corrected chi connectivity index (χ2v) is 6.55. The highest BCUT2D eigenvalue weighted by Crippen LogP contribution is 2.40. The predicted octanol–water partition coefficient (Wildman–Crippen LogP) is 3.21. The number of hydrogen-bond acceptors (Lipinski definition) is 3. The molecular weight excluding hydrogens is 240 g/mol. The van der Waals surface area contributed by atoms with E-state index in [-0.39, 0.29) is 23.9 Å². The van der Waals surface area contributed by atoms with E-state index in [1.54, 1.807) is 0 Å². The van der Waals surface area contributed by atoms with Crippen LogP contribution in [0, 0.1) is 6.92 Å². The zero-order valence-corrected chi connectivity index (χ0v) is 12.5. The first-order chi connectivity index (χ1) is 8.73. The van der Waals surface area contributed by atoms with Crippen molar-refractivity contribution < 1.29 is 14.6 Å². The molecule has 2 rings (SSSR count). The Morgan fingerprint density at radius 2 is 2.00 bits per heavy atom. The summed E-state index contributed by atoms with van der Waals surface area (Å²) >= 11 is 0. The first-order valence-corrected chi connectivity index (χ1v) is 6.81. The standard InChI is InChI=1S/C16H24O3/c1-11-6-7-13(12(8-11)10-17)18-14-9-15(2,3)19-16(14,4)5/h6-8,14,17H,9-10H2,1-5H3. The number of benzene rings is 1. The summed E-state index contributed by atoms with van der Waals surface area (Å²) in [7, 11) is 0. The van der Waals surface area contributed by atoms with Crippen LogP contribution >= 0.6 is 0 Å². The lowest BCUT2D eigenvalue weighted by atomic mass is 9.97. The molecule has 0 aromatic heterocycles. The van der Waals surface area contributed by atoms with E-state index in [1.165, 1.54) is 0 Å². The van der Waals surface area contributed by atoms with Crippen LogP contribution in [-0.4, -0.2) is 22.4 Å². The summed E-state index contributed by atoms with van der Waals surface area (Å²) in [5.74, 6) is 0.757. The quantitative estimate of drug-likeness (QED) is 0.911. The predicted molar refractivity (Wildman–Crippen MR) is 75.4 cm³/mol. The molecule has 106 valence electrons. The number of aliphatic hydroxyl groups is 1. The molecule has 0 radical (unpaired) electrons. The molecule has 0 spiro atoms. The molecule has 1 aromatic rings. The van der Waals surface area contributed by atoms with E-state index in [0.29, 0.717) is 0 Å². The Hall–Kier alpha value is -1.06. The summed E-state index contributed by atoms with van der Waals surface area (Å²) < 4.78 is 12.1. The summed E-state index contributed by atoms with van der Waals surface area (Å²) in [5.41, 5.74) is 1.47. The third-order valence-electron chi connectivity index (χ3n) is 3.65. The van der Waals surface area contributed by atoms with Crippen molar-refractivity contribution in [2.75, 3.05) is 0 Å². The molecule has 3 heteroatoms.